The summed E-state index contributed by atoms with van der Waals surface area (Å²) in [5, 5.41) is 14.7. The number of anilines is 1. The second-order valence-corrected chi connectivity index (χ2v) is 4.25. The lowest BCUT2D eigenvalue weighted by Gasteiger charge is -2.11. The van der Waals surface area contributed by atoms with Crippen molar-refractivity contribution in [3.05, 3.63) is 30.1 Å². The molecule has 1 aliphatic carbocycles. The summed E-state index contributed by atoms with van der Waals surface area (Å²) < 4.78 is 12.6. The number of benzene rings is 1. The first-order chi connectivity index (χ1) is 8.15. The van der Waals surface area contributed by atoms with Gasteiger partial charge >= 0.3 is 6.03 Å². The normalized spacial score (nSPS) is 16.4. The molecule has 1 aromatic carbocycles. The zero-order valence-electron chi connectivity index (χ0n) is 9.32. The molecule has 1 unspecified atom stereocenters. The summed E-state index contributed by atoms with van der Waals surface area (Å²) >= 11 is 0. The standard InChI is InChI=1S/C12H15FN2O2/c13-9-3-5-10(6-4-9)15-12(17)14-7-11(16)8-1-2-8/h3-6,8,11,16H,1-2,7H2,(H2,14,15,17). The maximum Gasteiger partial charge on any atom is 0.319 e. The SMILES string of the molecule is O=C(NCC(O)C1CC1)Nc1ccc(F)cc1. The molecule has 0 saturated heterocycles. The van der Waals surface area contributed by atoms with E-state index in [1.54, 1.807) is 0 Å². The number of nitrogens with one attached hydrogen (secondary N) is 2. The summed E-state index contributed by atoms with van der Waals surface area (Å²) in [7, 11) is 0. The Morgan fingerprint density at radius 3 is 2.65 bits per heavy atom. The molecule has 1 atom stereocenters. The Balaban J connectivity index is 1.74. The van der Waals surface area contributed by atoms with Crippen LogP contribution in [0.15, 0.2) is 24.3 Å². The summed E-state index contributed by atoms with van der Waals surface area (Å²) in [5.41, 5.74) is 0.518. The van der Waals surface area contributed by atoms with Gasteiger partial charge in [0.05, 0.1) is 6.10 Å². The number of hydrogen-bond donors (Lipinski definition) is 3. The molecule has 0 spiro atoms. The topological polar surface area (TPSA) is 61.4 Å². The van der Waals surface area contributed by atoms with Gasteiger partial charge in [0.1, 0.15) is 5.82 Å². The Kier molecular flexibility index (Phi) is 3.58. The van der Waals surface area contributed by atoms with E-state index >= 15 is 0 Å². The lowest BCUT2D eigenvalue weighted by molar-refractivity contribution is 0.150. The molecule has 1 saturated carbocycles. The van der Waals surface area contributed by atoms with Gasteiger partial charge in [0, 0.05) is 12.2 Å². The highest BCUT2D eigenvalue weighted by atomic mass is 19.1. The number of aliphatic hydroxyl groups excluding tert-OH is 1. The van der Waals surface area contributed by atoms with Gasteiger partial charge in [0.2, 0.25) is 0 Å². The molecule has 0 aromatic heterocycles. The van der Waals surface area contributed by atoms with Crippen LogP contribution in [0.2, 0.25) is 0 Å². The van der Waals surface area contributed by atoms with Gasteiger partial charge in [0.25, 0.3) is 0 Å². The van der Waals surface area contributed by atoms with Gasteiger partial charge < -0.3 is 15.7 Å². The Labute approximate surface area is 98.8 Å². The van der Waals surface area contributed by atoms with E-state index < -0.39 is 12.1 Å². The fourth-order valence-corrected chi connectivity index (χ4v) is 1.55. The first-order valence-electron chi connectivity index (χ1n) is 5.63. The highest BCUT2D eigenvalue weighted by Crippen LogP contribution is 2.32. The van der Waals surface area contributed by atoms with Crippen molar-refractivity contribution in [2.45, 2.75) is 18.9 Å². The third kappa shape index (κ3) is 3.71. The van der Waals surface area contributed by atoms with Crippen LogP contribution in [0.25, 0.3) is 0 Å². The first-order valence-corrected chi connectivity index (χ1v) is 5.63. The number of urea groups is 1. The Bertz CT molecular complexity index is 390. The minimum atomic E-state index is -0.464. The summed E-state index contributed by atoms with van der Waals surface area (Å²) in [6, 6.07) is 5.11. The van der Waals surface area contributed by atoms with Crippen molar-refractivity contribution in [2.75, 3.05) is 11.9 Å². The van der Waals surface area contributed by atoms with Crippen molar-refractivity contribution in [1.82, 2.24) is 5.32 Å². The quantitative estimate of drug-likeness (QED) is 0.748. The van der Waals surface area contributed by atoms with Crippen molar-refractivity contribution in [3.63, 3.8) is 0 Å². The van der Waals surface area contributed by atoms with Gasteiger partial charge in [-0.2, -0.15) is 0 Å². The van der Waals surface area contributed by atoms with E-state index in [1.807, 2.05) is 0 Å². The third-order valence-corrected chi connectivity index (χ3v) is 2.74. The number of rotatable bonds is 4. The molecule has 3 N–H and O–H groups in total. The van der Waals surface area contributed by atoms with Crippen LogP contribution in [0.1, 0.15) is 12.8 Å². The van der Waals surface area contributed by atoms with Crippen molar-refractivity contribution in [1.29, 1.82) is 0 Å². The molecular weight excluding hydrogens is 223 g/mol. The molecule has 0 aliphatic heterocycles. The van der Waals surface area contributed by atoms with Crippen molar-refractivity contribution < 1.29 is 14.3 Å². The number of amides is 2. The zero-order chi connectivity index (χ0) is 12.3. The van der Waals surface area contributed by atoms with Crippen LogP contribution in [-0.2, 0) is 0 Å². The smallest absolute Gasteiger partial charge is 0.319 e. The van der Waals surface area contributed by atoms with E-state index in [0.717, 1.165) is 12.8 Å². The van der Waals surface area contributed by atoms with E-state index in [2.05, 4.69) is 10.6 Å². The summed E-state index contributed by atoms with van der Waals surface area (Å²) in [6.45, 7) is 0.248. The van der Waals surface area contributed by atoms with Gasteiger partial charge in [-0.1, -0.05) is 0 Å². The molecule has 5 heteroatoms. The van der Waals surface area contributed by atoms with E-state index in [1.165, 1.54) is 24.3 Å². The van der Waals surface area contributed by atoms with E-state index in [4.69, 9.17) is 0 Å². The van der Waals surface area contributed by atoms with Crippen LogP contribution in [0.5, 0.6) is 0 Å². The lowest BCUT2D eigenvalue weighted by Crippen LogP contribution is -2.36. The van der Waals surface area contributed by atoms with Crippen LogP contribution in [0, 0.1) is 11.7 Å². The molecule has 1 aromatic rings. The van der Waals surface area contributed by atoms with E-state index in [-0.39, 0.29) is 12.4 Å². The van der Waals surface area contributed by atoms with E-state index in [0.29, 0.717) is 11.6 Å². The predicted molar refractivity (Wildman–Crippen MR) is 62.2 cm³/mol. The van der Waals surface area contributed by atoms with Crippen molar-refractivity contribution >= 4 is 11.7 Å². The summed E-state index contributed by atoms with van der Waals surface area (Å²) in [4.78, 5) is 11.4. The highest BCUT2D eigenvalue weighted by molar-refractivity contribution is 5.89. The molecule has 1 aliphatic rings. The predicted octanol–water partition coefficient (Wildman–Crippen LogP) is 1.72. The second-order valence-electron chi connectivity index (χ2n) is 4.25. The molecule has 2 rings (SSSR count). The Morgan fingerprint density at radius 1 is 1.41 bits per heavy atom. The van der Waals surface area contributed by atoms with Crippen LogP contribution < -0.4 is 10.6 Å². The summed E-state index contributed by atoms with van der Waals surface area (Å²) in [5.74, 6) is -0.0127. The van der Waals surface area contributed by atoms with Crippen LogP contribution in [-0.4, -0.2) is 23.8 Å². The van der Waals surface area contributed by atoms with Crippen molar-refractivity contribution in [2.24, 2.45) is 5.92 Å². The number of carbonyl (C=O) groups excluding carboxylic acids is 1. The molecule has 0 heterocycles. The Morgan fingerprint density at radius 2 is 2.06 bits per heavy atom. The highest BCUT2D eigenvalue weighted by Gasteiger charge is 2.29. The van der Waals surface area contributed by atoms with Crippen LogP contribution in [0.4, 0.5) is 14.9 Å². The zero-order valence-corrected chi connectivity index (χ0v) is 9.32. The largest absolute Gasteiger partial charge is 0.391 e. The maximum absolute atomic E-state index is 12.6. The number of halogens is 1. The maximum atomic E-state index is 12.6. The molecule has 0 radical (unpaired) electrons. The molecule has 17 heavy (non-hydrogen) atoms. The van der Waals surface area contributed by atoms with E-state index in [9.17, 15) is 14.3 Å². The number of hydrogen-bond acceptors (Lipinski definition) is 2. The number of carbonyl (C=O) groups is 1. The first kappa shape index (κ1) is 11.9. The average Bonchev–Trinajstić information content (AvgIpc) is 3.13. The van der Waals surface area contributed by atoms with Gasteiger partial charge in [-0.3, -0.25) is 0 Å². The van der Waals surface area contributed by atoms with Gasteiger partial charge in [-0.25, -0.2) is 9.18 Å². The second kappa shape index (κ2) is 5.14. The molecule has 2 amide bonds. The molecule has 0 bridgehead atoms. The van der Waals surface area contributed by atoms with Crippen LogP contribution >= 0.6 is 0 Å². The van der Waals surface area contributed by atoms with Gasteiger partial charge in [-0.15, -0.1) is 0 Å². The lowest BCUT2D eigenvalue weighted by atomic mass is 10.2. The third-order valence-electron chi connectivity index (χ3n) is 2.74. The molecular formula is C12H15FN2O2. The fourth-order valence-electron chi connectivity index (χ4n) is 1.55. The molecule has 4 nitrogen and oxygen atoms in total. The van der Waals surface area contributed by atoms with Crippen LogP contribution in [0.3, 0.4) is 0 Å². The molecule has 1 fully saturated rings. The Hall–Kier alpha value is -1.62. The monoisotopic (exact) mass is 238 g/mol. The minimum absolute atomic E-state index is 0.248. The van der Waals surface area contributed by atoms with Crippen molar-refractivity contribution in [3.8, 4) is 0 Å². The summed E-state index contributed by atoms with van der Waals surface area (Å²) in [6.07, 6.45) is 1.60. The fraction of sp³-hybridized carbons (Fsp3) is 0.417. The molecule has 92 valence electrons. The average molecular weight is 238 g/mol. The minimum Gasteiger partial charge on any atom is -0.391 e. The van der Waals surface area contributed by atoms with Gasteiger partial charge in [-0.05, 0) is 43.0 Å². The van der Waals surface area contributed by atoms with Gasteiger partial charge in [0.15, 0.2) is 0 Å². The number of aliphatic hydroxyl groups is 1.